The van der Waals surface area contributed by atoms with Crippen LogP contribution >= 0.6 is 11.3 Å². The predicted molar refractivity (Wildman–Crippen MR) is 148 cm³/mol. The molecule has 0 spiro atoms. The SMILES string of the molecule is CCOc1cccc2sc(N3CCN(CCNC(=O)c4ccc(S(=O)(=O)N(CC)CC)cc4)CC3)nc12. The second-order valence-corrected chi connectivity index (χ2v) is 11.7. The molecule has 0 bridgehead atoms. The third kappa shape index (κ3) is 6.23. The Hall–Kier alpha value is -2.73. The molecule has 1 saturated heterocycles. The standard InChI is InChI=1S/C26H35N5O4S2/c1-4-31(5-2)37(33,34)21-12-10-20(11-13-21)25(32)27-14-15-29-16-18-30(19-17-29)26-28-24-22(35-6-3)8-7-9-23(24)36-26/h7-13H,4-6,14-19H2,1-3H3,(H,27,32). The molecular formula is C26H35N5O4S2. The maximum absolute atomic E-state index is 12.6. The number of aromatic nitrogens is 1. The summed E-state index contributed by atoms with van der Waals surface area (Å²) in [6.07, 6.45) is 0. The van der Waals surface area contributed by atoms with E-state index in [2.05, 4.69) is 21.2 Å². The van der Waals surface area contributed by atoms with Crippen LogP contribution in [0.3, 0.4) is 0 Å². The summed E-state index contributed by atoms with van der Waals surface area (Å²) in [7, 11) is -3.53. The Morgan fingerprint density at radius 1 is 1.05 bits per heavy atom. The predicted octanol–water partition coefficient (Wildman–Crippen LogP) is 3.28. The summed E-state index contributed by atoms with van der Waals surface area (Å²) in [5.41, 5.74) is 1.37. The van der Waals surface area contributed by atoms with Crippen LogP contribution in [0.4, 0.5) is 5.13 Å². The molecule has 1 amide bonds. The van der Waals surface area contributed by atoms with Crippen LogP contribution in [0.5, 0.6) is 5.75 Å². The van der Waals surface area contributed by atoms with Gasteiger partial charge in [0.1, 0.15) is 11.3 Å². The number of benzene rings is 2. The minimum absolute atomic E-state index is 0.202. The molecule has 1 aliphatic heterocycles. The molecule has 1 aromatic heterocycles. The zero-order valence-corrected chi connectivity index (χ0v) is 23.3. The molecule has 9 nitrogen and oxygen atoms in total. The Balaban J connectivity index is 1.25. The zero-order valence-electron chi connectivity index (χ0n) is 21.6. The first-order valence-electron chi connectivity index (χ1n) is 12.7. The molecule has 3 aromatic rings. The Labute approximate surface area is 223 Å². The van der Waals surface area contributed by atoms with E-state index in [0.717, 1.165) is 53.8 Å². The zero-order chi connectivity index (χ0) is 26.4. The van der Waals surface area contributed by atoms with Gasteiger partial charge in [-0.15, -0.1) is 0 Å². The third-order valence-electron chi connectivity index (χ3n) is 6.49. The Morgan fingerprint density at radius 2 is 1.76 bits per heavy atom. The lowest BCUT2D eigenvalue weighted by Crippen LogP contribution is -2.48. The van der Waals surface area contributed by atoms with E-state index in [1.54, 1.807) is 23.5 Å². The number of thiazole rings is 1. The number of rotatable bonds is 11. The van der Waals surface area contributed by atoms with Crippen LogP contribution in [-0.4, -0.2) is 87.5 Å². The Bertz CT molecular complexity index is 1300. The summed E-state index contributed by atoms with van der Waals surface area (Å²) in [6, 6.07) is 12.2. The van der Waals surface area contributed by atoms with Gasteiger partial charge in [0, 0.05) is 57.9 Å². The molecule has 1 aliphatic rings. The number of ether oxygens (including phenoxy) is 1. The molecule has 37 heavy (non-hydrogen) atoms. The van der Waals surface area contributed by atoms with Gasteiger partial charge in [0.2, 0.25) is 10.0 Å². The summed E-state index contributed by atoms with van der Waals surface area (Å²) in [6.45, 7) is 11.8. The molecule has 200 valence electrons. The number of nitrogens with zero attached hydrogens (tertiary/aromatic N) is 4. The Kier molecular flexibility index (Phi) is 9.01. The van der Waals surface area contributed by atoms with E-state index < -0.39 is 10.0 Å². The summed E-state index contributed by atoms with van der Waals surface area (Å²) in [5, 5.41) is 3.97. The van der Waals surface area contributed by atoms with Crippen molar-refractivity contribution in [3.63, 3.8) is 0 Å². The first kappa shape index (κ1) is 27.3. The molecule has 2 aromatic carbocycles. The monoisotopic (exact) mass is 545 g/mol. The summed E-state index contributed by atoms with van der Waals surface area (Å²) >= 11 is 1.69. The van der Waals surface area contributed by atoms with Crippen LogP contribution in [0.25, 0.3) is 10.2 Å². The summed E-state index contributed by atoms with van der Waals surface area (Å²) < 4.78 is 33.5. The fourth-order valence-corrected chi connectivity index (χ4v) is 6.89. The average Bonchev–Trinajstić information content (AvgIpc) is 3.35. The van der Waals surface area contributed by atoms with Crippen molar-refractivity contribution < 1.29 is 17.9 Å². The largest absolute Gasteiger partial charge is 0.492 e. The average molecular weight is 546 g/mol. The molecule has 1 N–H and O–H groups in total. The van der Waals surface area contributed by atoms with Gasteiger partial charge in [0.05, 0.1) is 16.2 Å². The molecule has 0 unspecified atom stereocenters. The fraction of sp³-hybridized carbons (Fsp3) is 0.462. The van der Waals surface area contributed by atoms with E-state index in [1.807, 2.05) is 32.9 Å². The van der Waals surface area contributed by atoms with Crippen LogP contribution in [0, 0.1) is 0 Å². The highest BCUT2D eigenvalue weighted by Gasteiger charge is 2.23. The second-order valence-electron chi connectivity index (χ2n) is 8.73. The van der Waals surface area contributed by atoms with Gasteiger partial charge in [-0.3, -0.25) is 9.69 Å². The number of nitrogens with one attached hydrogen (secondary N) is 1. The molecule has 11 heteroatoms. The van der Waals surface area contributed by atoms with Crippen molar-refractivity contribution in [3.05, 3.63) is 48.0 Å². The van der Waals surface area contributed by atoms with E-state index in [9.17, 15) is 13.2 Å². The lowest BCUT2D eigenvalue weighted by Gasteiger charge is -2.34. The number of para-hydroxylation sites is 1. The molecule has 2 heterocycles. The third-order valence-corrected chi connectivity index (χ3v) is 9.63. The highest BCUT2D eigenvalue weighted by atomic mass is 32.2. The van der Waals surface area contributed by atoms with Gasteiger partial charge < -0.3 is 15.0 Å². The van der Waals surface area contributed by atoms with Crippen LogP contribution in [0.1, 0.15) is 31.1 Å². The van der Waals surface area contributed by atoms with E-state index in [0.29, 0.717) is 31.8 Å². The minimum atomic E-state index is -3.53. The first-order chi connectivity index (χ1) is 17.9. The van der Waals surface area contributed by atoms with Gasteiger partial charge in [-0.2, -0.15) is 4.31 Å². The van der Waals surface area contributed by atoms with E-state index >= 15 is 0 Å². The van der Waals surface area contributed by atoms with Crippen molar-refractivity contribution >= 4 is 42.6 Å². The molecule has 0 radical (unpaired) electrons. The van der Waals surface area contributed by atoms with Crippen molar-refractivity contribution in [1.29, 1.82) is 0 Å². The lowest BCUT2D eigenvalue weighted by molar-refractivity contribution is 0.0947. The maximum atomic E-state index is 12.6. The van der Waals surface area contributed by atoms with Gasteiger partial charge >= 0.3 is 0 Å². The van der Waals surface area contributed by atoms with Crippen LogP contribution < -0.4 is 15.0 Å². The van der Waals surface area contributed by atoms with E-state index in [4.69, 9.17) is 9.72 Å². The quantitative estimate of drug-likeness (QED) is 0.395. The molecular weight excluding hydrogens is 510 g/mol. The van der Waals surface area contributed by atoms with Crippen molar-refractivity contribution in [2.45, 2.75) is 25.7 Å². The smallest absolute Gasteiger partial charge is 0.251 e. The van der Waals surface area contributed by atoms with Gasteiger partial charge in [0.15, 0.2) is 5.13 Å². The highest BCUT2D eigenvalue weighted by molar-refractivity contribution is 7.89. The van der Waals surface area contributed by atoms with Gasteiger partial charge in [-0.1, -0.05) is 31.3 Å². The van der Waals surface area contributed by atoms with Gasteiger partial charge in [-0.25, -0.2) is 13.4 Å². The number of carbonyl (C=O) groups is 1. The van der Waals surface area contributed by atoms with Crippen LogP contribution in [0.15, 0.2) is 47.4 Å². The molecule has 0 saturated carbocycles. The normalized spacial score (nSPS) is 14.9. The van der Waals surface area contributed by atoms with Crippen LogP contribution in [0.2, 0.25) is 0 Å². The second kappa shape index (κ2) is 12.2. The number of hydrogen-bond acceptors (Lipinski definition) is 8. The highest BCUT2D eigenvalue weighted by Crippen LogP contribution is 2.34. The van der Waals surface area contributed by atoms with Gasteiger partial charge in [0.25, 0.3) is 5.91 Å². The van der Waals surface area contributed by atoms with Crippen LogP contribution in [-0.2, 0) is 10.0 Å². The number of amides is 1. The number of piperazine rings is 1. The van der Waals surface area contributed by atoms with Crippen molar-refractivity contribution in [1.82, 2.24) is 19.5 Å². The fourth-order valence-electron chi connectivity index (χ4n) is 4.40. The van der Waals surface area contributed by atoms with Crippen molar-refractivity contribution in [2.24, 2.45) is 0 Å². The molecule has 1 fully saturated rings. The first-order valence-corrected chi connectivity index (χ1v) is 15.0. The van der Waals surface area contributed by atoms with E-state index in [-0.39, 0.29) is 10.8 Å². The summed E-state index contributed by atoms with van der Waals surface area (Å²) in [5.74, 6) is 0.627. The van der Waals surface area contributed by atoms with Gasteiger partial charge in [-0.05, 0) is 43.3 Å². The molecule has 4 rings (SSSR count). The van der Waals surface area contributed by atoms with Crippen molar-refractivity contribution in [3.8, 4) is 5.75 Å². The lowest BCUT2D eigenvalue weighted by atomic mass is 10.2. The van der Waals surface area contributed by atoms with E-state index in [1.165, 1.54) is 16.4 Å². The maximum Gasteiger partial charge on any atom is 0.251 e. The topological polar surface area (TPSA) is 95.1 Å². The Morgan fingerprint density at radius 3 is 2.41 bits per heavy atom. The number of anilines is 1. The number of hydrogen-bond donors (Lipinski definition) is 1. The number of fused-ring (bicyclic) bond motifs is 1. The number of carbonyl (C=O) groups excluding carboxylic acids is 1. The minimum Gasteiger partial charge on any atom is -0.492 e. The number of sulfonamides is 1. The summed E-state index contributed by atoms with van der Waals surface area (Å²) in [4.78, 5) is 22.3. The molecule has 0 atom stereocenters. The van der Waals surface area contributed by atoms with Crippen molar-refractivity contribution in [2.75, 3.05) is 63.9 Å². The molecule has 0 aliphatic carbocycles.